The molecule has 0 aromatic heterocycles. The van der Waals surface area contributed by atoms with E-state index in [0.717, 1.165) is 23.4 Å². The zero-order chi connectivity index (χ0) is 17.5. The molecule has 0 fully saturated rings. The number of amides is 1. The average Bonchev–Trinajstić information content (AvgIpc) is 2.50. The van der Waals surface area contributed by atoms with Crippen LogP contribution in [-0.2, 0) is 31.1 Å². The average molecular weight is 343 g/mol. The van der Waals surface area contributed by atoms with Crippen LogP contribution in [0.1, 0.15) is 25.3 Å². The number of hydrogen-bond acceptors (Lipinski definition) is 5. The van der Waals surface area contributed by atoms with Crippen molar-refractivity contribution in [1.29, 1.82) is 0 Å². The highest BCUT2D eigenvalue weighted by atomic mass is 32.2. The van der Waals surface area contributed by atoms with Crippen molar-refractivity contribution >= 4 is 27.8 Å². The van der Waals surface area contributed by atoms with E-state index >= 15 is 0 Å². The van der Waals surface area contributed by atoms with Crippen LogP contribution in [0.25, 0.3) is 0 Å². The van der Waals surface area contributed by atoms with Gasteiger partial charge in [-0.15, -0.1) is 0 Å². The second kappa shape index (κ2) is 8.49. The Morgan fingerprint density at radius 1 is 1.26 bits per heavy atom. The lowest BCUT2D eigenvalue weighted by Crippen LogP contribution is -2.40. The summed E-state index contributed by atoms with van der Waals surface area (Å²) in [6.07, 6.45) is 1.22. The van der Waals surface area contributed by atoms with Gasteiger partial charge in [0.15, 0.2) is 0 Å². The van der Waals surface area contributed by atoms with Crippen molar-refractivity contribution in [3.05, 3.63) is 29.8 Å². The smallest absolute Gasteiger partial charge is 0.326 e. The van der Waals surface area contributed by atoms with Gasteiger partial charge in [-0.3, -0.25) is 9.59 Å². The van der Waals surface area contributed by atoms with E-state index in [9.17, 15) is 18.0 Å². The topological polar surface area (TPSA) is 119 Å². The van der Waals surface area contributed by atoms with Gasteiger partial charge in [0.05, 0.1) is 12.8 Å². The van der Waals surface area contributed by atoms with Gasteiger partial charge in [-0.25, -0.2) is 9.44 Å². The fraction of sp³-hybridized carbons (Fsp3) is 0.429. The minimum Gasteiger partial charge on any atom is -0.468 e. The lowest BCUT2D eigenvalue weighted by molar-refractivity contribution is -0.138. The minimum atomic E-state index is -4.11. The molecular formula is C14H21N3O5S. The lowest BCUT2D eigenvalue weighted by Gasteiger charge is -2.20. The quantitative estimate of drug-likeness (QED) is 0.657. The summed E-state index contributed by atoms with van der Waals surface area (Å²) in [5.74, 6) is -0.775. The normalized spacial score (nSPS) is 10.9. The maximum Gasteiger partial charge on any atom is 0.326 e. The highest BCUT2D eigenvalue weighted by Gasteiger charge is 2.21. The molecule has 3 N–H and O–H groups in total. The third-order valence-electron chi connectivity index (χ3n) is 3.00. The van der Waals surface area contributed by atoms with Crippen LogP contribution in [0.3, 0.4) is 0 Å². The van der Waals surface area contributed by atoms with E-state index in [0.29, 0.717) is 13.0 Å². The van der Waals surface area contributed by atoms with Gasteiger partial charge in [0.25, 0.3) is 10.2 Å². The molecule has 1 aromatic rings. The molecule has 8 nitrogen and oxygen atoms in total. The van der Waals surface area contributed by atoms with Gasteiger partial charge in [-0.1, -0.05) is 19.1 Å². The molecule has 0 bridgehead atoms. The molecule has 1 amide bonds. The number of nitrogens with one attached hydrogen (secondary N) is 1. The SMILES string of the molecule is CCCC(=O)NCc1ccc(N(CC(=O)OC)S(N)(=O)=O)cc1. The molecule has 128 valence electrons. The first-order chi connectivity index (χ1) is 10.8. The highest BCUT2D eigenvalue weighted by Crippen LogP contribution is 2.17. The van der Waals surface area contributed by atoms with Gasteiger partial charge in [-0.05, 0) is 24.1 Å². The van der Waals surface area contributed by atoms with Gasteiger partial charge >= 0.3 is 5.97 Å². The maximum atomic E-state index is 11.6. The number of carbonyl (C=O) groups is 2. The third-order valence-corrected chi connectivity index (χ3v) is 3.95. The highest BCUT2D eigenvalue weighted by molar-refractivity contribution is 7.90. The third kappa shape index (κ3) is 6.25. The maximum absolute atomic E-state index is 11.6. The fourth-order valence-corrected chi connectivity index (χ4v) is 2.51. The van der Waals surface area contributed by atoms with E-state index < -0.39 is 22.7 Å². The molecule has 0 saturated carbocycles. The van der Waals surface area contributed by atoms with Gasteiger partial charge in [0.2, 0.25) is 5.91 Å². The Bertz CT molecular complexity index is 643. The predicted molar refractivity (Wildman–Crippen MR) is 85.7 cm³/mol. The molecule has 1 aromatic carbocycles. The van der Waals surface area contributed by atoms with Crippen LogP contribution >= 0.6 is 0 Å². The number of anilines is 1. The first-order valence-corrected chi connectivity index (χ1v) is 8.51. The number of ether oxygens (including phenoxy) is 1. The van der Waals surface area contributed by atoms with Crippen LogP contribution in [0.4, 0.5) is 5.69 Å². The number of nitrogens with zero attached hydrogens (tertiary/aromatic N) is 1. The lowest BCUT2D eigenvalue weighted by atomic mass is 10.2. The summed E-state index contributed by atoms with van der Waals surface area (Å²) in [5, 5.41) is 7.87. The number of nitrogens with two attached hydrogens (primary N) is 1. The molecular weight excluding hydrogens is 322 g/mol. The Hall–Kier alpha value is -2.13. The fourth-order valence-electron chi connectivity index (χ4n) is 1.81. The van der Waals surface area contributed by atoms with Crippen molar-refractivity contribution in [1.82, 2.24) is 5.32 Å². The number of carbonyl (C=O) groups excluding carboxylic acids is 2. The Balaban J connectivity index is 2.83. The first kappa shape index (κ1) is 18.9. The van der Waals surface area contributed by atoms with Crippen LogP contribution < -0.4 is 14.8 Å². The molecule has 0 radical (unpaired) electrons. The van der Waals surface area contributed by atoms with E-state index in [-0.39, 0.29) is 11.6 Å². The summed E-state index contributed by atoms with van der Waals surface area (Å²) >= 11 is 0. The first-order valence-electron chi connectivity index (χ1n) is 7.00. The molecule has 0 aliphatic carbocycles. The van der Waals surface area contributed by atoms with Crippen LogP contribution in [0.15, 0.2) is 24.3 Å². The van der Waals surface area contributed by atoms with Gasteiger partial charge in [-0.2, -0.15) is 8.42 Å². The van der Waals surface area contributed by atoms with Crippen molar-refractivity contribution in [2.75, 3.05) is 18.0 Å². The number of methoxy groups -OCH3 is 1. The van der Waals surface area contributed by atoms with Crippen LogP contribution in [0, 0.1) is 0 Å². The molecule has 0 saturated heterocycles. The van der Waals surface area contributed by atoms with E-state index in [2.05, 4.69) is 10.1 Å². The molecule has 0 atom stereocenters. The summed E-state index contributed by atoms with van der Waals surface area (Å²) < 4.78 is 28.4. The Kier molecular flexibility index (Phi) is 6.98. The van der Waals surface area contributed by atoms with Gasteiger partial charge in [0.1, 0.15) is 6.54 Å². The van der Waals surface area contributed by atoms with Gasteiger partial charge in [0, 0.05) is 13.0 Å². The summed E-state index contributed by atoms with van der Waals surface area (Å²) in [4.78, 5) is 22.7. The Labute approximate surface area is 135 Å². The molecule has 9 heteroatoms. The molecule has 0 aliphatic rings. The summed E-state index contributed by atoms with van der Waals surface area (Å²) in [5.41, 5.74) is 1.03. The van der Waals surface area contributed by atoms with Crippen molar-refractivity contribution in [3.63, 3.8) is 0 Å². The van der Waals surface area contributed by atoms with Crippen molar-refractivity contribution in [3.8, 4) is 0 Å². The molecule has 0 unspecified atom stereocenters. The minimum absolute atomic E-state index is 0.0477. The van der Waals surface area contributed by atoms with Crippen molar-refractivity contribution in [2.24, 2.45) is 5.14 Å². The summed E-state index contributed by atoms with van der Waals surface area (Å²) in [6, 6.07) is 6.32. The van der Waals surface area contributed by atoms with E-state index in [4.69, 9.17) is 5.14 Å². The molecule has 23 heavy (non-hydrogen) atoms. The number of hydrogen-bond donors (Lipinski definition) is 2. The Morgan fingerprint density at radius 2 is 1.87 bits per heavy atom. The van der Waals surface area contributed by atoms with Crippen LogP contribution in [0.5, 0.6) is 0 Å². The zero-order valence-corrected chi connectivity index (χ0v) is 13.9. The van der Waals surface area contributed by atoms with Crippen molar-refractivity contribution in [2.45, 2.75) is 26.3 Å². The summed E-state index contributed by atoms with van der Waals surface area (Å²) in [6.45, 7) is 1.74. The molecule has 0 heterocycles. The van der Waals surface area contributed by atoms with Crippen LogP contribution in [0.2, 0.25) is 0 Å². The zero-order valence-electron chi connectivity index (χ0n) is 13.1. The standard InChI is InChI=1S/C14H21N3O5S/c1-3-4-13(18)16-9-11-5-7-12(8-6-11)17(23(15,20)21)10-14(19)22-2/h5-8H,3-4,9-10H2,1-2H3,(H,16,18)(H2,15,20,21). The van der Waals surface area contributed by atoms with E-state index in [1.807, 2.05) is 6.92 Å². The predicted octanol–water partition coefficient (Wildman–Crippen LogP) is 0.286. The molecule has 0 spiro atoms. The number of esters is 1. The van der Waals surface area contributed by atoms with Crippen LogP contribution in [-0.4, -0.2) is 33.9 Å². The number of rotatable bonds is 8. The second-order valence-corrected chi connectivity index (χ2v) is 6.29. The second-order valence-electron chi connectivity index (χ2n) is 4.82. The largest absolute Gasteiger partial charge is 0.468 e. The molecule has 1 rings (SSSR count). The van der Waals surface area contributed by atoms with E-state index in [1.165, 1.54) is 12.1 Å². The van der Waals surface area contributed by atoms with E-state index in [1.54, 1.807) is 12.1 Å². The molecule has 0 aliphatic heterocycles. The Morgan fingerprint density at radius 3 is 2.35 bits per heavy atom. The number of benzene rings is 1. The van der Waals surface area contributed by atoms with Crippen molar-refractivity contribution < 1.29 is 22.7 Å². The summed E-state index contributed by atoms with van der Waals surface area (Å²) in [7, 11) is -2.95. The van der Waals surface area contributed by atoms with Gasteiger partial charge < -0.3 is 10.1 Å². The monoisotopic (exact) mass is 343 g/mol.